The molecule has 2 saturated heterocycles. The third-order valence-corrected chi connectivity index (χ3v) is 6.28. The Morgan fingerprint density at radius 2 is 1.42 bits per heavy atom. The molecule has 33 heavy (non-hydrogen) atoms. The summed E-state index contributed by atoms with van der Waals surface area (Å²) in [6, 6.07) is 20.9. The fourth-order valence-corrected chi connectivity index (χ4v) is 4.58. The molecule has 0 radical (unpaired) electrons. The number of halogens is 1. The molecule has 5 rings (SSSR count). The minimum Gasteiger partial charge on any atom is -0.457 e. The van der Waals surface area contributed by atoms with E-state index in [1.807, 2.05) is 29.2 Å². The number of carbonyl (C=O) groups is 1. The van der Waals surface area contributed by atoms with Gasteiger partial charge < -0.3 is 14.4 Å². The van der Waals surface area contributed by atoms with Crippen molar-refractivity contribution in [2.75, 3.05) is 26.2 Å². The van der Waals surface area contributed by atoms with Crippen molar-refractivity contribution < 1.29 is 18.7 Å². The SMILES string of the molecule is O=C(c1ccc(Oc2cccc(Oc3cccc(F)c3)c2)cc1)N1CC[C@H](N2CCCC2)C1. The Kier molecular flexibility index (Phi) is 6.26. The van der Waals surface area contributed by atoms with E-state index in [0.29, 0.717) is 34.6 Å². The van der Waals surface area contributed by atoms with Crippen LogP contribution in [0, 0.1) is 5.82 Å². The molecular formula is C27H27FN2O3. The first-order valence-corrected chi connectivity index (χ1v) is 11.5. The van der Waals surface area contributed by atoms with Crippen LogP contribution < -0.4 is 9.47 Å². The van der Waals surface area contributed by atoms with Crippen LogP contribution in [0.1, 0.15) is 29.6 Å². The number of nitrogens with zero attached hydrogens (tertiary/aromatic N) is 2. The van der Waals surface area contributed by atoms with Crippen LogP contribution in [-0.2, 0) is 0 Å². The van der Waals surface area contributed by atoms with E-state index in [2.05, 4.69) is 4.90 Å². The number of ether oxygens (including phenoxy) is 2. The quantitative estimate of drug-likeness (QED) is 0.486. The molecule has 0 unspecified atom stereocenters. The van der Waals surface area contributed by atoms with Crippen LogP contribution in [0.15, 0.2) is 72.8 Å². The third kappa shape index (κ3) is 5.17. The van der Waals surface area contributed by atoms with Gasteiger partial charge in [0, 0.05) is 36.8 Å². The van der Waals surface area contributed by atoms with Crippen molar-refractivity contribution in [3.8, 4) is 23.0 Å². The van der Waals surface area contributed by atoms with E-state index in [1.54, 1.807) is 36.4 Å². The summed E-state index contributed by atoms with van der Waals surface area (Å²) in [7, 11) is 0. The maximum Gasteiger partial charge on any atom is 0.253 e. The van der Waals surface area contributed by atoms with Crippen molar-refractivity contribution in [1.82, 2.24) is 9.80 Å². The Balaban J connectivity index is 1.20. The normalized spacial score (nSPS) is 18.5. The lowest BCUT2D eigenvalue weighted by Crippen LogP contribution is -2.37. The van der Waals surface area contributed by atoms with E-state index in [0.717, 1.165) is 32.6 Å². The third-order valence-electron chi connectivity index (χ3n) is 6.28. The second-order valence-electron chi connectivity index (χ2n) is 8.60. The molecule has 2 aliphatic heterocycles. The van der Waals surface area contributed by atoms with Crippen LogP contribution in [0.4, 0.5) is 4.39 Å². The van der Waals surface area contributed by atoms with Crippen molar-refractivity contribution in [3.63, 3.8) is 0 Å². The van der Waals surface area contributed by atoms with Crippen molar-refractivity contribution in [1.29, 1.82) is 0 Å². The summed E-state index contributed by atoms with van der Waals surface area (Å²) in [4.78, 5) is 17.4. The number of likely N-dealkylation sites (tertiary alicyclic amines) is 2. The molecule has 5 nitrogen and oxygen atoms in total. The first-order chi connectivity index (χ1) is 16.1. The van der Waals surface area contributed by atoms with Gasteiger partial charge in [0.15, 0.2) is 0 Å². The van der Waals surface area contributed by atoms with Gasteiger partial charge in [-0.05, 0) is 80.9 Å². The van der Waals surface area contributed by atoms with E-state index in [-0.39, 0.29) is 11.7 Å². The molecule has 0 aromatic heterocycles. The van der Waals surface area contributed by atoms with Crippen molar-refractivity contribution in [2.45, 2.75) is 25.3 Å². The second kappa shape index (κ2) is 9.63. The fraction of sp³-hybridized carbons (Fsp3) is 0.296. The number of hydrogen-bond acceptors (Lipinski definition) is 4. The van der Waals surface area contributed by atoms with Gasteiger partial charge in [0.1, 0.15) is 28.8 Å². The lowest BCUT2D eigenvalue weighted by Gasteiger charge is -2.23. The Labute approximate surface area is 193 Å². The Bertz CT molecular complexity index is 1110. The smallest absolute Gasteiger partial charge is 0.253 e. The van der Waals surface area contributed by atoms with Gasteiger partial charge in [-0.1, -0.05) is 12.1 Å². The molecular weight excluding hydrogens is 419 g/mol. The Morgan fingerprint density at radius 3 is 2.12 bits per heavy atom. The van der Waals surface area contributed by atoms with Crippen molar-refractivity contribution in [3.05, 3.63) is 84.2 Å². The van der Waals surface area contributed by atoms with Gasteiger partial charge in [0.05, 0.1) is 0 Å². The maximum absolute atomic E-state index is 13.4. The summed E-state index contributed by atoms with van der Waals surface area (Å²) in [5.41, 5.74) is 0.674. The molecule has 0 bridgehead atoms. The van der Waals surface area contributed by atoms with Crippen LogP contribution in [0.25, 0.3) is 0 Å². The summed E-state index contributed by atoms with van der Waals surface area (Å²) in [5.74, 6) is 1.92. The molecule has 1 amide bonds. The van der Waals surface area contributed by atoms with Gasteiger partial charge in [-0.3, -0.25) is 9.69 Å². The molecule has 6 heteroatoms. The molecule has 3 aromatic carbocycles. The zero-order chi connectivity index (χ0) is 22.6. The predicted octanol–water partition coefficient (Wildman–Crippen LogP) is 5.72. The van der Waals surface area contributed by atoms with E-state index in [4.69, 9.17) is 9.47 Å². The number of hydrogen-bond donors (Lipinski definition) is 0. The molecule has 0 N–H and O–H groups in total. The summed E-state index contributed by atoms with van der Waals surface area (Å²) in [6.07, 6.45) is 3.60. The highest BCUT2D eigenvalue weighted by Crippen LogP contribution is 2.29. The molecule has 2 heterocycles. The van der Waals surface area contributed by atoms with E-state index < -0.39 is 0 Å². The summed E-state index contributed by atoms with van der Waals surface area (Å²) >= 11 is 0. The molecule has 170 valence electrons. The van der Waals surface area contributed by atoms with Crippen LogP contribution in [0.3, 0.4) is 0 Å². The Hall–Kier alpha value is -3.38. The predicted molar refractivity (Wildman–Crippen MR) is 125 cm³/mol. The number of amides is 1. The highest BCUT2D eigenvalue weighted by atomic mass is 19.1. The van der Waals surface area contributed by atoms with Gasteiger partial charge in [0.25, 0.3) is 5.91 Å². The lowest BCUT2D eigenvalue weighted by molar-refractivity contribution is 0.0780. The maximum atomic E-state index is 13.4. The molecule has 0 aliphatic carbocycles. The van der Waals surface area contributed by atoms with Crippen LogP contribution >= 0.6 is 0 Å². The molecule has 0 spiro atoms. The monoisotopic (exact) mass is 446 g/mol. The number of benzene rings is 3. The van der Waals surface area contributed by atoms with Gasteiger partial charge >= 0.3 is 0 Å². The van der Waals surface area contributed by atoms with Gasteiger partial charge in [-0.25, -0.2) is 4.39 Å². The fourth-order valence-electron chi connectivity index (χ4n) is 4.58. The van der Waals surface area contributed by atoms with E-state index in [9.17, 15) is 9.18 Å². The standard InChI is InChI=1S/C27H27FN2O3/c28-21-5-3-6-24(17-21)33-26-8-4-7-25(18-26)32-23-11-9-20(10-12-23)27(31)30-16-13-22(19-30)29-14-1-2-15-29/h3-12,17-18,22H,1-2,13-16,19H2/t22-/m0/s1. The molecule has 3 aromatic rings. The van der Waals surface area contributed by atoms with Crippen LogP contribution in [-0.4, -0.2) is 47.9 Å². The van der Waals surface area contributed by atoms with Gasteiger partial charge in [-0.15, -0.1) is 0 Å². The number of rotatable bonds is 6. The molecule has 0 saturated carbocycles. The first kappa shape index (κ1) is 21.5. The van der Waals surface area contributed by atoms with E-state index >= 15 is 0 Å². The van der Waals surface area contributed by atoms with E-state index in [1.165, 1.54) is 25.0 Å². The highest BCUT2D eigenvalue weighted by molar-refractivity contribution is 5.94. The van der Waals surface area contributed by atoms with Crippen LogP contribution in [0.2, 0.25) is 0 Å². The zero-order valence-corrected chi connectivity index (χ0v) is 18.5. The Morgan fingerprint density at radius 1 is 0.788 bits per heavy atom. The average molecular weight is 447 g/mol. The topological polar surface area (TPSA) is 42.0 Å². The zero-order valence-electron chi connectivity index (χ0n) is 18.5. The van der Waals surface area contributed by atoms with Crippen molar-refractivity contribution >= 4 is 5.91 Å². The summed E-state index contributed by atoms with van der Waals surface area (Å²) in [5, 5.41) is 0. The highest BCUT2D eigenvalue weighted by Gasteiger charge is 2.31. The minimum atomic E-state index is -0.352. The molecule has 2 aliphatic rings. The van der Waals surface area contributed by atoms with Gasteiger partial charge in [0.2, 0.25) is 0 Å². The molecule has 1 atom stereocenters. The average Bonchev–Trinajstić information content (AvgIpc) is 3.52. The second-order valence-corrected chi connectivity index (χ2v) is 8.60. The summed E-state index contributed by atoms with van der Waals surface area (Å²) < 4.78 is 25.0. The van der Waals surface area contributed by atoms with Crippen LogP contribution in [0.5, 0.6) is 23.0 Å². The largest absolute Gasteiger partial charge is 0.457 e. The van der Waals surface area contributed by atoms with Crippen molar-refractivity contribution in [2.24, 2.45) is 0 Å². The number of carbonyl (C=O) groups excluding carboxylic acids is 1. The molecule has 2 fully saturated rings. The first-order valence-electron chi connectivity index (χ1n) is 11.5. The lowest BCUT2D eigenvalue weighted by atomic mass is 10.2. The minimum absolute atomic E-state index is 0.0775. The summed E-state index contributed by atoms with van der Waals surface area (Å²) in [6.45, 7) is 3.95. The van der Waals surface area contributed by atoms with Gasteiger partial charge in [-0.2, -0.15) is 0 Å².